The number of amides is 2. The molecule has 0 heterocycles. The monoisotopic (exact) mass is 415 g/mol. The second-order valence-corrected chi connectivity index (χ2v) is 6.22. The summed E-state index contributed by atoms with van der Waals surface area (Å²) in [6.07, 6.45) is -0.170. The number of esters is 1. The van der Waals surface area contributed by atoms with Crippen LogP contribution in [-0.4, -0.2) is 36.4 Å². The first-order chi connectivity index (χ1) is 14.3. The molecule has 0 unspecified atom stereocenters. The quantitative estimate of drug-likeness (QED) is 0.364. The summed E-state index contributed by atoms with van der Waals surface area (Å²) in [5.74, 6) is -1.49. The zero-order chi connectivity index (χ0) is 22.1. The molecule has 0 aliphatic rings. The molecule has 0 saturated heterocycles. The number of benzene rings is 2. The third-order valence-electron chi connectivity index (χ3n) is 3.98. The van der Waals surface area contributed by atoms with Crippen molar-refractivity contribution in [3.8, 4) is 5.75 Å². The lowest BCUT2D eigenvalue weighted by atomic mass is 10.0. The number of hydrogen-bond acceptors (Lipinski definition) is 7. The minimum absolute atomic E-state index is 0.0770. The van der Waals surface area contributed by atoms with Crippen LogP contribution >= 0.6 is 0 Å². The smallest absolute Gasteiger partial charge is 0.308 e. The van der Waals surface area contributed by atoms with Gasteiger partial charge in [-0.15, -0.1) is 0 Å². The molecule has 30 heavy (non-hydrogen) atoms. The van der Waals surface area contributed by atoms with E-state index >= 15 is 0 Å². The number of hydrogen-bond donors (Lipinski definition) is 2. The lowest BCUT2D eigenvalue weighted by molar-refractivity contribution is -0.384. The van der Waals surface area contributed by atoms with Crippen LogP contribution in [0.4, 0.5) is 11.4 Å². The van der Waals surface area contributed by atoms with Crippen LogP contribution in [0.2, 0.25) is 0 Å². The predicted octanol–water partition coefficient (Wildman–Crippen LogP) is 2.35. The van der Waals surface area contributed by atoms with Gasteiger partial charge >= 0.3 is 5.97 Å². The summed E-state index contributed by atoms with van der Waals surface area (Å²) in [6.45, 7) is 0.730. The summed E-state index contributed by atoms with van der Waals surface area (Å²) in [5.41, 5.74) is 0.563. The van der Waals surface area contributed by atoms with Crippen molar-refractivity contribution in [3.63, 3.8) is 0 Å². The Hall–Kier alpha value is -3.95. The van der Waals surface area contributed by atoms with E-state index in [1.54, 1.807) is 30.3 Å². The van der Waals surface area contributed by atoms with Gasteiger partial charge in [0.25, 0.3) is 11.6 Å². The van der Waals surface area contributed by atoms with Crippen LogP contribution in [0.5, 0.6) is 5.75 Å². The fourth-order valence-corrected chi connectivity index (χ4v) is 2.65. The molecule has 2 rings (SSSR count). The summed E-state index contributed by atoms with van der Waals surface area (Å²) in [4.78, 5) is 46.0. The third-order valence-corrected chi connectivity index (χ3v) is 3.98. The number of nitrogens with one attached hydrogen (secondary N) is 2. The predicted molar refractivity (Wildman–Crippen MR) is 107 cm³/mol. The van der Waals surface area contributed by atoms with Gasteiger partial charge in [0.1, 0.15) is 5.75 Å². The van der Waals surface area contributed by atoms with Crippen LogP contribution in [0.1, 0.15) is 24.9 Å². The van der Waals surface area contributed by atoms with Gasteiger partial charge in [0.05, 0.1) is 30.2 Å². The molecule has 0 aliphatic heterocycles. The maximum Gasteiger partial charge on any atom is 0.308 e. The molecule has 0 bridgehead atoms. The van der Waals surface area contributed by atoms with Crippen LogP contribution in [0.3, 0.4) is 0 Å². The van der Waals surface area contributed by atoms with Crippen LogP contribution < -0.4 is 15.4 Å². The van der Waals surface area contributed by atoms with Crippen molar-refractivity contribution < 1.29 is 28.8 Å². The molecule has 0 aromatic heterocycles. The molecule has 1 atom stereocenters. The van der Waals surface area contributed by atoms with E-state index in [0.29, 0.717) is 0 Å². The largest absolute Gasteiger partial charge is 0.495 e. The highest BCUT2D eigenvalue weighted by Crippen LogP contribution is 2.28. The highest BCUT2D eigenvalue weighted by Gasteiger charge is 2.19. The molecule has 0 aliphatic carbocycles. The van der Waals surface area contributed by atoms with Crippen LogP contribution in [0.15, 0.2) is 48.5 Å². The van der Waals surface area contributed by atoms with E-state index in [1.165, 1.54) is 26.2 Å². The summed E-state index contributed by atoms with van der Waals surface area (Å²) in [5, 5.41) is 16.0. The van der Waals surface area contributed by atoms with E-state index in [2.05, 4.69) is 10.6 Å². The number of non-ortho nitro benzene ring substituents is 1. The van der Waals surface area contributed by atoms with E-state index in [0.717, 1.165) is 11.6 Å². The summed E-state index contributed by atoms with van der Waals surface area (Å²) < 4.78 is 10.0. The van der Waals surface area contributed by atoms with Gasteiger partial charge in [-0.2, -0.15) is 0 Å². The Kier molecular flexibility index (Phi) is 7.86. The van der Waals surface area contributed by atoms with Gasteiger partial charge in [0.2, 0.25) is 5.91 Å². The number of ether oxygens (including phenoxy) is 2. The Morgan fingerprint density at radius 2 is 1.83 bits per heavy atom. The Morgan fingerprint density at radius 1 is 1.13 bits per heavy atom. The van der Waals surface area contributed by atoms with E-state index < -0.39 is 29.4 Å². The third kappa shape index (κ3) is 6.59. The molecule has 2 N–H and O–H groups in total. The summed E-state index contributed by atoms with van der Waals surface area (Å²) >= 11 is 0. The lowest BCUT2D eigenvalue weighted by Crippen LogP contribution is -2.29. The molecule has 2 amide bonds. The number of carbonyl (C=O) groups is 3. The van der Waals surface area contributed by atoms with Crippen LogP contribution in [0.25, 0.3) is 0 Å². The Morgan fingerprint density at radius 3 is 2.43 bits per heavy atom. The minimum Gasteiger partial charge on any atom is -0.495 e. The number of nitrogens with zero attached hydrogens (tertiary/aromatic N) is 1. The summed E-state index contributed by atoms with van der Waals surface area (Å²) in [6, 6.07) is 12.0. The molecule has 2 aromatic rings. The molecule has 0 radical (unpaired) electrons. The van der Waals surface area contributed by atoms with Crippen molar-refractivity contribution in [1.29, 1.82) is 0 Å². The highest BCUT2D eigenvalue weighted by molar-refractivity contribution is 5.94. The van der Waals surface area contributed by atoms with Gasteiger partial charge in [-0.05, 0) is 11.6 Å². The van der Waals surface area contributed by atoms with Crippen LogP contribution in [0, 0.1) is 10.1 Å². The Bertz CT molecular complexity index is 931. The first-order valence-electron chi connectivity index (χ1n) is 8.90. The lowest BCUT2D eigenvalue weighted by Gasteiger charge is -2.17. The number of nitro benzene ring substituents is 1. The maximum absolute atomic E-state index is 12.2. The average molecular weight is 415 g/mol. The van der Waals surface area contributed by atoms with E-state index in [1.807, 2.05) is 0 Å². The molecule has 10 heteroatoms. The SMILES string of the molecule is COc1ccc([N+](=O)[O-])cc1NC(=O)COC(=O)C[C@@H](NC(C)=O)c1ccccc1. The Balaban J connectivity index is 1.97. The molecule has 158 valence electrons. The topological polar surface area (TPSA) is 137 Å². The minimum atomic E-state index is -0.696. The highest BCUT2D eigenvalue weighted by atomic mass is 16.6. The van der Waals surface area contributed by atoms with Crippen molar-refractivity contribution in [2.45, 2.75) is 19.4 Å². The molecule has 0 spiro atoms. The van der Waals surface area contributed by atoms with Crippen molar-refractivity contribution >= 4 is 29.2 Å². The first kappa shape index (κ1) is 22.3. The summed E-state index contributed by atoms with van der Waals surface area (Å²) in [7, 11) is 1.35. The zero-order valence-corrected chi connectivity index (χ0v) is 16.4. The van der Waals surface area contributed by atoms with Gasteiger partial charge in [-0.3, -0.25) is 24.5 Å². The van der Waals surface area contributed by atoms with Crippen molar-refractivity contribution in [3.05, 3.63) is 64.2 Å². The standard InChI is InChI=1S/C20H21N3O7/c1-13(24)21-16(14-6-4-3-5-7-14)11-20(26)30-12-19(25)22-17-10-15(23(27)28)8-9-18(17)29-2/h3-10,16H,11-12H2,1-2H3,(H,21,24)(H,22,25)/t16-/m1/s1. The fourth-order valence-electron chi connectivity index (χ4n) is 2.65. The van der Waals surface area contributed by atoms with E-state index in [-0.39, 0.29) is 29.5 Å². The molecular weight excluding hydrogens is 394 g/mol. The molecular formula is C20H21N3O7. The van der Waals surface area contributed by atoms with Gasteiger partial charge in [0, 0.05) is 19.1 Å². The number of methoxy groups -OCH3 is 1. The average Bonchev–Trinajstić information content (AvgIpc) is 2.72. The molecule has 10 nitrogen and oxygen atoms in total. The molecule has 2 aromatic carbocycles. The fraction of sp³-hybridized carbons (Fsp3) is 0.250. The van der Waals surface area contributed by atoms with Gasteiger partial charge < -0.3 is 20.1 Å². The van der Waals surface area contributed by atoms with Gasteiger partial charge in [0.15, 0.2) is 6.61 Å². The number of carbonyl (C=O) groups excluding carboxylic acids is 3. The maximum atomic E-state index is 12.2. The first-order valence-corrected chi connectivity index (χ1v) is 8.90. The number of anilines is 1. The van der Waals surface area contributed by atoms with E-state index in [4.69, 9.17) is 9.47 Å². The second kappa shape index (κ2) is 10.6. The number of rotatable bonds is 9. The number of nitro groups is 1. The second-order valence-electron chi connectivity index (χ2n) is 6.22. The van der Waals surface area contributed by atoms with Crippen LogP contribution in [-0.2, 0) is 19.1 Å². The van der Waals surface area contributed by atoms with Crippen molar-refractivity contribution in [1.82, 2.24) is 5.32 Å². The normalized spacial score (nSPS) is 11.1. The molecule has 0 fully saturated rings. The Labute approximate surface area is 172 Å². The van der Waals surface area contributed by atoms with Gasteiger partial charge in [-0.25, -0.2) is 0 Å². The van der Waals surface area contributed by atoms with Gasteiger partial charge in [-0.1, -0.05) is 30.3 Å². The van der Waals surface area contributed by atoms with E-state index in [9.17, 15) is 24.5 Å². The zero-order valence-electron chi connectivity index (χ0n) is 16.4. The van der Waals surface area contributed by atoms with Crippen molar-refractivity contribution in [2.75, 3.05) is 19.0 Å². The van der Waals surface area contributed by atoms with Crippen molar-refractivity contribution in [2.24, 2.45) is 0 Å². The molecule has 0 saturated carbocycles.